The predicted octanol–water partition coefficient (Wildman–Crippen LogP) is -2.45. The minimum Gasteiger partial charge on any atom is -0.820 e. The molecule has 0 fully saturated rings. The van der Waals surface area contributed by atoms with Crippen molar-refractivity contribution in [3.8, 4) is 0 Å². The molecule has 0 aromatic rings. The molecule has 0 atom stereocenters. The first-order valence-corrected chi connectivity index (χ1v) is 1.70. The third-order valence-corrected chi connectivity index (χ3v) is 0. The normalized spacial score (nSPS) is 7.20. The molecule has 0 saturated heterocycles. The van der Waals surface area contributed by atoms with Gasteiger partial charge in [0.2, 0.25) is 0 Å². The first-order chi connectivity index (χ1) is 1.73. The van der Waals surface area contributed by atoms with Crippen LogP contribution in [-0.2, 0) is 0 Å². The first kappa shape index (κ1) is 9.99. The largest absolute Gasteiger partial charge is 2.00 e. The number of hydrogen-bond acceptors (Lipinski definition) is 3. The molecule has 0 saturated carbocycles. The van der Waals surface area contributed by atoms with Crippen LogP contribution in [0.25, 0.3) is 0 Å². The Morgan fingerprint density at radius 2 is 1.40 bits per heavy atom. The SMILES string of the molecule is [Ba+2].[O-]P([O-])O. The van der Waals surface area contributed by atoms with Gasteiger partial charge in [0.15, 0.2) is 0 Å². The van der Waals surface area contributed by atoms with Gasteiger partial charge < -0.3 is 14.7 Å². The van der Waals surface area contributed by atoms with Crippen molar-refractivity contribution < 1.29 is 14.7 Å². The second-order valence-corrected chi connectivity index (χ2v) is 0.714. The molecule has 0 rings (SSSR count). The molecule has 0 aromatic carbocycles. The van der Waals surface area contributed by atoms with E-state index in [1.165, 1.54) is 0 Å². The predicted molar refractivity (Wildman–Crippen MR) is 14.9 cm³/mol. The summed E-state index contributed by atoms with van der Waals surface area (Å²) in [6, 6.07) is 0. The topological polar surface area (TPSA) is 66.3 Å². The van der Waals surface area contributed by atoms with Gasteiger partial charge in [-0.2, -0.15) is 8.60 Å². The van der Waals surface area contributed by atoms with Gasteiger partial charge in [-0.25, -0.2) is 0 Å². The summed E-state index contributed by atoms with van der Waals surface area (Å²) in [4.78, 5) is 24.2. The third-order valence-electron chi connectivity index (χ3n) is 0. The molecule has 5 heavy (non-hydrogen) atoms. The van der Waals surface area contributed by atoms with E-state index in [-0.39, 0.29) is 48.9 Å². The molecule has 0 aliphatic carbocycles. The van der Waals surface area contributed by atoms with Crippen molar-refractivity contribution in [2.75, 3.05) is 0 Å². The maximum Gasteiger partial charge on any atom is 2.00 e. The van der Waals surface area contributed by atoms with E-state index < -0.39 is 8.60 Å². The van der Waals surface area contributed by atoms with E-state index in [0.29, 0.717) is 0 Å². The Morgan fingerprint density at radius 1 is 1.40 bits per heavy atom. The molecule has 5 heteroatoms. The molecule has 0 aliphatic heterocycles. The molecule has 1 N–H and O–H groups in total. The van der Waals surface area contributed by atoms with Crippen molar-refractivity contribution in [2.24, 2.45) is 0 Å². The van der Waals surface area contributed by atoms with E-state index in [1.807, 2.05) is 0 Å². The summed E-state index contributed by atoms with van der Waals surface area (Å²) >= 11 is 0. The van der Waals surface area contributed by atoms with Crippen LogP contribution in [0.5, 0.6) is 0 Å². The average Bonchev–Trinajstić information content (AvgIpc) is 0.811. The average molecular weight is 217 g/mol. The summed E-state index contributed by atoms with van der Waals surface area (Å²) in [6.45, 7) is 0. The fourth-order valence-corrected chi connectivity index (χ4v) is 0. The Kier molecular flexibility index (Phi) is 11.8. The van der Waals surface area contributed by atoms with Gasteiger partial charge in [-0.3, -0.25) is 0 Å². The first-order valence-electron chi connectivity index (χ1n) is 0.565. The molecule has 0 radical (unpaired) electrons. The van der Waals surface area contributed by atoms with E-state index in [0.717, 1.165) is 0 Å². The van der Waals surface area contributed by atoms with Crippen molar-refractivity contribution in [3.05, 3.63) is 0 Å². The van der Waals surface area contributed by atoms with Crippen LogP contribution in [0.2, 0.25) is 0 Å². The van der Waals surface area contributed by atoms with Crippen LogP contribution in [0.15, 0.2) is 0 Å². The molecule has 0 bridgehead atoms. The Bertz CT molecular complexity index is 11.6. The summed E-state index contributed by atoms with van der Waals surface area (Å²) in [5.41, 5.74) is 0. The molecular formula is HBaO3P. The summed E-state index contributed by atoms with van der Waals surface area (Å²) < 4.78 is 0. The Labute approximate surface area is 71.1 Å². The Morgan fingerprint density at radius 3 is 1.40 bits per heavy atom. The number of hydrogen-bond donors (Lipinski definition) is 1. The minimum atomic E-state index is -3.12. The molecular weight excluding hydrogens is 216 g/mol. The molecule has 3 nitrogen and oxygen atoms in total. The van der Waals surface area contributed by atoms with Crippen LogP contribution in [-0.4, -0.2) is 53.8 Å². The van der Waals surface area contributed by atoms with E-state index in [2.05, 4.69) is 0 Å². The van der Waals surface area contributed by atoms with Crippen molar-refractivity contribution in [2.45, 2.75) is 0 Å². The van der Waals surface area contributed by atoms with Gasteiger partial charge in [0.1, 0.15) is 0 Å². The Hall–Kier alpha value is 1.88. The van der Waals surface area contributed by atoms with Crippen LogP contribution < -0.4 is 9.79 Å². The fraction of sp³-hybridized carbons (Fsp3) is 0. The van der Waals surface area contributed by atoms with Crippen molar-refractivity contribution in [1.82, 2.24) is 0 Å². The zero-order chi connectivity index (χ0) is 3.58. The monoisotopic (exact) mass is 218 g/mol. The van der Waals surface area contributed by atoms with Crippen molar-refractivity contribution in [3.63, 3.8) is 0 Å². The van der Waals surface area contributed by atoms with E-state index in [9.17, 15) is 0 Å². The smallest absolute Gasteiger partial charge is 0.820 e. The van der Waals surface area contributed by atoms with Crippen LogP contribution in [0, 0.1) is 0 Å². The molecule has 0 aromatic heterocycles. The van der Waals surface area contributed by atoms with Gasteiger partial charge in [-0.15, -0.1) is 0 Å². The second kappa shape index (κ2) is 5.88. The molecule has 0 aliphatic rings. The maximum atomic E-state index is 8.59. The van der Waals surface area contributed by atoms with Crippen molar-refractivity contribution >= 4 is 57.5 Å². The minimum absolute atomic E-state index is 0. The molecule has 0 spiro atoms. The van der Waals surface area contributed by atoms with Gasteiger partial charge in [0.25, 0.3) is 0 Å². The standard InChI is InChI=1S/Ba.HO3P/c;1-4(2)3/h;1H/q+2;-2. The maximum absolute atomic E-state index is 8.59. The second-order valence-electron chi connectivity index (χ2n) is 0.238. The van der Waals surface area contributed by atoms with Gasteiger partial charge in [-0.05, 0) is 0 Å². The van der Waals surface area contributed by atoms with Crippen molar-refractivity contribution in [1.29, 1.82) is 0 Å². The van der Waals surface area contributed by atoms with Crippen LogP contribution in [0.4, 0.5) is 0 Å². The van der Waals surface area contributed by atoms with Crippen LogP contribution in [0.1, 0.15) is 0 Å². The zero-order valence-electron chi connectivity index (χ0n) is 2.42. The van der Waals surface area contributed by atoms with Gasteiger partial charge in [-0.1, -0.05) is 0 Å². The van der Waals surface area contributed by atoms with E-state index in [4.69, 9.17) is 14.7 Å². The summed E-state index contributed by atoms with van der Waals surface area (Å²) in [7, 11) is -3.12. The molecule has 0 heterocycles. The summed E-state index contributed by atoms with van der Waals surface area (Å²) in [6.07, 6.45) is 0. The summed E-state index contributed by atoms with van der Waals surface area (Å²) in [5.74, 6) is 0. The zero-order valence-corrected chi connectivity index (χ0v) is 7.75. The molecule has 26 valence electrons. The molecule has 0 amide bonds. The van der Waals surface area contributed by atoms with Gasteiger partial charge in [0, 0.05) is 0 Å². The number of rotatable bonds is 0. The van der Waals surface area contributed by atoms with Crippen LogP contribution >= 0.6 is 8.60 Å². The van der Waals surface area contributed by atoms with E-state index in [1.54, 1.807) is 0 Å². The quantitative estimate of drug-likeness (QED) is 0.362. The van der Waals surface area contributed by atoms with Crippen LogP contribution in [0.3, 0.4) is 0 Å². The van der Waals surface area contributed by atoms with Gasteiger partial charge in [0.05, 0.1) is 0 Å². The van der Waals surface area contributed by atoms with E-state index >= 15 is 0 Å². The van der Waals surface area contributed by atoms with Gasteiger partial charge >= 0.3 is 48.9 Å². The summed E-state index contributed by atoms with van der Waals surface area (Å²) in [5, 5.41) is 0. The fourth-order valence-electron chi connectivity index (χ4n) is 0. The Balaban J connectivity index is 0. The molecule has 0 unspecified atom stereocenters. The third kappa shape index (κ3) is 25.0.